The zero-order valence-electron chi connectivity index (χ0n) is 16.9. The monoisotopic (exact) mass is 405 g/mol. The lowest BCUT2D eigenvalue weighted by Gasteiger charge is -2.13. The van der Waals surface area contributed by atoms with Crippen molar-refractivity contribution in [1.82, 2.24) is 14.9 Å². The number of benzene rings is 1. The fourth-order valence-electron chi connectivity index (χ4n) is 3.70. The summed E-state index contributed by atoms with van der Waals surface area (Å²) in [6.45, 7) is 3.12. The molecule has 0 radical (unpaired) electrons. The summed E-state index contributed by atoms with van der Waals surface area (Å²) in [4.78, 5) is 17.2. The van der Waals surface area contributed by atoms with Crippen LogP contribution >= 0.6 is 11.3 Å². The van der Waals surface area contributed by atoms with Gasteiger partial charge in [0.1, 0.15) is 11.6 Å². The normalized spacial score (nSPS) is 13.9. The Balaban J connectivity index is 1.37. The van der Waals surface area contributed by atoms with E-state index in [1.54, 1.807) is 11.3 Å². The molecule has 2 heterocycles. The van der Waals surface area contributed by atoms with Crippen molar-refractivity contribution in [2.24, 2.45) is 0 Å². The molecule has 0 unspecified atom stereocenters. The predicted molar refractivity (Wildman–Crippen MR) is 120 cm³/mol. The third-order valence-electron chi connectivity index (χ3n) is 5.37. The number of amides is 1. The number of nitrogens with one attached hydrogen (secondary N) is 1. The van der Waals surface area contributed by atoms with Gasteiger partial charge in [0.05, 0.1) is 11.4 Å². The van der Waals surface area contributed by atoms with Crippen LogP contribution in [0.25, 0.3) is 22.0 Å². The zero-order valence-corrected chi connectivity index (χ0v) is 17.7. The van der Waals surface area contributed by atoms with Crippen LogP contribution in [0, 0.1) is 6.92 Å². The lowest BCUT2D eigenvalue weighted by Crippen LogP contribution is -2.28. The van der Waals surface area contributed by atoms with E-state index >= 15 is 0 Å². The zero-order chi connectivity index (χ0) is 20.1. The lowest BCUT2D eigenvalue weighted by molar-refractivity contribution is -0.121. The van der Waals surface area contributed by atoms with Crippen LogP contribution < -0.4 is 5.32 Å². The molecule has 150 valence electrons. The minimum absolute atomic E-state index is 0.0502. The first kappa shape index (κ1) is 19.6. The van der Waals surface area contributed by atoms with E-state index in [-0.39, 0.29) is 5.91 Å². The van der Waals surface area contributed by atoms with E-state index in [9.17, 15) is 4.79 Å². The van der Waals surface area contributed by atoms with Gasteiger partial charge < -0.3 is 9.88 Å². The van der Waals surface area contributed by atoms with E-state index in [4.69, 9.17) is 4.98 Å². The summed E-state index contributed by atoms with van der Waals surface area (Å²) in [6.07, 6.45) is 10.2. The van der Waals surface area contributed by atoms with Crippen molar-refractivity contribution in [2.45, 2.75) is 45.6 Å². The summed E-state index contributed by atoms with van der Waals surface area (Å²) in [5.74, 6) is 0.0502. The molecular formula is C24H27N3OS. The van der Waals surface area contributed by atoms with Crippen molar-refractivity contribution >= 4 is 17.2 Å². The Labute approximate surface area is 176 Å². The van der Waals surface area contributed by atoms with E-state index in [0.717, 1.165) is 34.9 Å². The number of hydrogen-bond acceptors (Lipinski definition) is 3. The highest BCUT2D eigenvalue weighted by Gasteiger charge is 2.13. The second kappa shape index (κ2) is 9.23. The number of thiazole rings is 1. The molecule has 5 heteroatoms. The summed E-state index contributed by atoms with van der Waals surface area (Å²) < 4.78 is 1.98. The molecule has 0 saturated carbocycles. The average molecular weight is 406 g/mol. The molecule has 0 atom stereocenters. The topological polar surface area (TPSA) is 46.9 Å². The maximum Gasteiger partial charge on any atom is 0.239 e. The van der Waals surface area contributed by atoms with Gasteiger partial charge in [0, 0.05) is 23.7 Å². The van der Waals surface area contributed by atoms with Crippen LogP contribution in [0.15, 0.2) is 59.6 Å². The molecule has 4 rings (SSSR count). The molecular weight excluding hydrogens is 378 g/mol. The minimum atomic E-state index is 0.0502. The molecule has 1 aromatic carbocycles. The summed E-state index contributed by atoms with van der Waals surface area (Å²) in [5.41, 5.74) is 5.81. The van der Waals surface area contributed by atoms with Crippen LogP contribution in [0.4, 0.5) is 0 Å². The van der Waals surface area contributed by atoms with Crippen LogP contribution in [0.3, 0.4) is 0 Å². The number of carbonyl (C=O) groups is 1. The largest absolute Gasteiger partial charge is 0.354 e. The summed E-state index contributed by atoms with van der Waals surface area (Å²) in [7, 11) is 0. The summed E-state index contributed by atoms with van der Waals surface area (Å²) >= 11 is 1.61. The molecule has 0 aliphatic heterocycles. The van der Waals surface area contributed by atoms with Crippen molar-refractivity contribution in [2.75, 3.05) is 6.54 Å². The van der Waals surface area contributed by atoms with E-state index < -0.39 is 0 Å². The SMILES string of the molecule is Cc1ccc(-c2csc(-c3cccn3CC(=O)NCCC3=CCCCC3)n2)cc1. The van der Waals surface area contributed by atoms with Crippen molar-refractivity contribution in [3.05, 3.63) is 65.2 Å². The van der Waals surface area contributed by atoms with E-state index in [1.807, 2.05) is 22.9 Å². The van der Waals surface area contributed by atoms with Gasteiger partial charge in [-0.1, -0.05) is 41.5 Å². The molecule has 0 saturated heterocycles. The van der Waals surface area contributed by atoms with Gasteiger partial charge in [-0.25, -0.2) is 4.98 Å². The Morgan fingerprint density at radius 3 is 2.86 bits per heavy atom. The average Bonchev–Trinajstić information content (AvgIpc) is 3.39. The molecule has 0 fully saturated rings. The molecule has 1 aliphatic carbocycles. The number of aryl methyl sites for hydroxylation is 1. The fraction of sp³-hybridized carbons (Fsp3) is 0.333. The molecule has 1 amide bonds. The predicted octanol–water partition coefficient (Wildman–Crippen LogP) is 5.59. The Morgan fingerprint density at radius 2 is 2.07 bits per heavy atom. The first-order chi connectivity index (χ1) is 14.2. The van der Waals surface area contributed by atoms with Crippen LogP contribution in [0.1, 0.15) is 37.7 Å². The molecule has 0 bridgehead atoms. The van der Waals surface area contributed by atoms with Gasteiger partial charge in [-0.05, 0) is 51.2 Å². The van der Waals surface area contributed by atoms with Crippen LogP contribution in [0.5, 0.6) is 0 Å². The number of rotatable bonds is 7. The van der Waals surface area contributed by atoms with Crippen molar-refractivity contribution in [1.29, 1.82) is 0 Å². The Kier molecular flexibility index (Phi) is 6.25. The van der Waals surface area contributed by atoms with Gasteiger partial charge in [-0.3, -0.25) is 4.79 Å². The first-order valence-corrected chi connectivity index (χ1v) is 11.2. The quantitative estimate of drug-likeness (QED) is 0.521. The smallest absolute Gasteiger partial charge is 0.239 e. The second-order valence-electron chi connectivity index (χ2n) is 7.63. The Bertz CT molecular complexity index is 997. The molecule has 4 nitrogen and oxygen atoms in total. The van der Waals surface area contributed by atoms with E-state index in [0.29, 0.717) is 6.54 Å². The number of allylic oxidation sites excluding steroid dienone is 1. The Morgan fingerprint density at radius 1 is 1.21 bits per heavy atom. The maximum absolute atomic E-state index is 12.4. The maximum atomic E-state index is 12.4. The number of nitrogens with zero attached hydrogens (tertiary/aromatic N) is 2. The molecule has 1 N–H and O–H groups in total. The highest BCUT2D eigenvalue weighted by atomic mass is 32.1. The van der Waals surface area contributed by atoms with E-state index in [1.165, 1.54) is 36.8 Å². The van der Waals surface area contributed by atoms with Gasteiger partial charge in [0.15, 0.2) is 0 Å². The third kappa shape index (κ3) is 5.04. The van der Waals surface area contributed by atoms with Gasteiger partial charge in [-0.2, -0.15) is 0 Å². The molecule has 1 aliphatic rings. The minimum Gasteiger partial charge on any atom is -0.354 e. The van der Waals surface area contributed by atoms with Crippen LogP contribution in [-0.4, -0.2) is 22.0 Å². The first-order valence-electron chi connectivity index (χ1n) is 10.3. The standard InChI is InChI=1S/C24H27N3OS/c1-18-9-11-20(12-10-18)21-17-29-24(26-21)22-8-5-15-27(22)16-23(28)25-14-13-19-6-3-2-4-7-19/h5-6,8-12,15,17H,2-4,7,13-14,16H2,1H3,(H,25,28). The number of aromatic nitrogens is 2. The number of carbonyl (C=O) groups excluding carboxylic acids is 1. The number of hydrogen-bond donors (Lipinski definition) is 1. The summed E-state index contributed by atoms with van der Waals surface area (Å²) in [5, 5.41) is 6.08. The van der Waals surface area contributed by atoms with Crippen molar-refractivity contribution < 1.29 is 4.79 Å². The van der Waals surface area contributed by atoms with Gasteiger partial charge in [0.2, 0.25) is 5.91 Å². The molecule has 29 heavy (non-hydrogen) atoms. The van der Waals surface area contributed by atoms with Crippen molar-refractivity contribution in [3.8, 4) is 22.0 Å². The van der Waals surface area contributed by atoms with Crippen molar-refractivity contribution in [3.63, 3.8) is 0 Å². The fourth-order valence-corrected chi connectivity index (χ4v) is 4.57. The van der Waals surface area contributed by atoms with E-state index in [2.05, 4.69) is 48.0 Å². The molecule has 3 aromatic rings. The summed E-state index contributed by atoms with van der Waals surface area (Å²) in [6, 6.07) is 12.4. The molecule has 2 aromatic heterocycles. The van der Waals surface area contributed by atoms with Crippen LogP contribution in [-0.2, 0) is 11.3 Å². The highest BCUT2D eigenvalue weighted by molar-refractivity contribution is 7.13. The van der Waals surface area contributed by atoms with Gasteiger partial charge >= 0.3 is 0 Å². The lowest BCUT2D eigenvalue weighted by atomic mass is 9.97. The second-order valence-corrected chi connectivity index (χ2v) is 8.49. The Hall–Kier alpha value is -2.66. The van der Waals surface area contributed by atoms with Crippen LogP contribution in [0.2, 0.25) is 0 Å². The van der Waals surface area contributed by atoms with Gasteiger partial charge in [-0.15, -0.1) is 11.3 Å². The molecule has 0 spiro atoms. The third-order valence-corrected chi connectivity index (χ3v) is 6.23. The highest BCUT2D eigenvalue weighted by Crippen LogP contribution is 2.29. The van der Waals surface area contributed by atoms with Gasteiger partial charge in [0.25, 0.3) is 0 Å².